The van der Waals surface area contributed by atoms with Gasteiger partial charge in [-0.15, -0.1) is 0 Å². The van der Waals surface area contributed by atoms with Gasteiger partial charge in [0.05, 0.1) is 11.9 Å². The van der Waals surface area contributed by atoms with Crippen LogP contribution in [0.25, 0.3) is 16.7 Å². The third kappa shape index (κ3) is 4.22. The molecule has 1 aliphatic carbocycles. The van der Waals surface area contributed by atoms with Gasteiger partial charge in [-0.25, -0.2) is 14.5 Å². The van der Waals surface area contributed by atoms with E-state index in [9.17, 15) is 9.59 Å². The van der Waals surface area contributed by atoms with E-state index in [2.05, 4.69) is 62.0 Å². The first kappa shape index (κ1) is 22.6. The molecule has 0 saturated heterocycles. The van der Waals surface area contributed by atoms with Crippen molar-refractivity contribution < 1.29 is 4.79 Å². The van der Waals surface area contributed by atoms with E-state index in [4.69, 9.17) is 0 Å². The zero-order valence-corrected chi connectivity index (χ0v) is 20.2. The summed E-state index contributed by atoms with van der Waals surface area (Å²) in [5, 5.41) is 20.9. The Kier molecular flexibility index (Phi) is 5.30. The van der Waals surface area contributed by atoms with Crippen LogP contribution in [0.5, 0.6) is 0 Å². The summed E-state index contributed by atoms with van der Waals surface area (Å²) in [4.78, 5) is 34.5. The Labute approximate surface area is 201 Å². The summed E-state index contributed by atoms with van der Waals surface area (Å²) in [6, 6.07) is 3.17. The molecule has 4 aromatic rings. The molecular weight excluding hydrogens is 448 g/mol. The van der Waals surface area contributed by atoms with Gasteiger partial charge in [-0.2, -0.15) is 15.2 Å². The molecule has 182 valence electrons. The molecule has 4 heterocycles. The number of nitrogens with zero attached hydrogens (tertiary/aromatic N) is 6. The number of H-pyrrole nitrogens is 1. The highest BCUT2D eigenvalue weighted by molar-refractivity contribution is 5.89. The van der Waals surface area contributed by atoms with Crippen molar-refractivity contribution in [3.8, 4) is 5.69 Å². The lowest BCUT2D eigenvalue weighted by Gasteiger charge is -2.13. The molecule has 2 atom stereocenters. The van der Waals surface area contributed by atoms with Gasteiger partial charge < -0.3 is 10.6 Å². The van der Waals surface area contributed by atoms with Gasteiger partial charge in [0.15, 0.2) is 0 Å². The number of anilines is 2. The maximum absolute atomic E-state index is 13.0. The fourth-order valence-electron chi connectivity index (χ4n) is 4.07. The first-order chi connectivity index (χ1) is 16.7. The zero-order chi connectivity index (χ0) is 24.9. The second kappa shape index (κ2) is 8.22. The van der Waals surface area contributed by atoms with E-state index in [1.54, 1.807) is 37.4 Å². The van der Waals surface area contributed by atoms with Crippen LogP contribution in [0.4, 0.5) is 16.6 Å². The minimum absolute atomic E-state index is 0.0725. The molecule has 0 bridgehead atoms. The van der Waals surface area contributed by atoms with Crippen LogP contribution in [-0.4, -0.2) is 53.6 Å². The van der Waals surface area contributed by atoms with Crippen LogP contribution in [0.15, 0.2) is 35.5 Å². The van der Waals surface area contributed by atoms with Crippen molar-refractivity contribution in [3.63, 3.8) is 0 Å². The lowest BCUT2D eigenvalue weighted by atomic mass is 9.92. The van der Waals surface area contributed by atoms with Crippen LogP contribution in [0.1, 0.15) is 44.4 Å². The second-order valence-corrected chi connectivity index (χ2v) is 9.77. The summed E-state index contributed by atoms with van der Waals surface area (Å²) in [5.74, 6) is 0.911. The number of fused-ring (bicyclic) bond motifs is 1. The average Bonchev–Trinajstić information content (AvgIpc) is 3.19. The summed E-state index contributed by atoms with van der Waals surface area (Å²) < 4.78 is 3.17. The largest absolute Gasteiger partial charge is 0.357 e. The number of urea groups is 1. The third-order valence-electron chi connectivity index (χ3n) is 6.15. The summed E-state index contributed by atoms with van der Waals surface area (Å²) in [5.41, 5.74) is 2.43. The number of amides is 2. The smallest absolute Gasteiger partial charge is 0.320 e. The Bertz CT molecular complexity index is 1460. The van der Waals surface area contributed by atoms with Crippen LogP contribution >= 0.6 is 0 Å². The molecular formula is C23H28N10O2. The molecule has 5 rings (SSSR count). The third-order valence-corrected chi connectivity index (χ3v) is 6.15. The van der Waals surface area contributed by atoms with E-state index in [-0.39, 0.29) is 29.0 Å². The van der Waals surface area contributed by atoms with Crippen molar-refractivity contribution in [1.82, 2.24) is 39.8 Å². The van der Waals surface area contributed by atoms with Gasteiger partial charge in [-0.3, -0.25) is 19.8 Å². The van der Waals surface area contributed by atoms with Crippen molar-refractivity contribution in [2.45, 2.75) is 44.6 Å². The monoisotopic (exact) mass is 476 g/mol. The molecule has 1 saturated carbocycles. The maximum Gasteiger partial charge on any atom is 0.320 e. The Morgan fingerprint density at radius 3 is 2.71 bits per heavy atom. The SMILES string of the molecule is CNc1ncc2cc(C3CC3NC(=O)Nc3cc(C(C)(C)C)nn3-c3cn[nH]c3)c(=O)n(C)c2n1. The van der Waals surface area contributed by atoms with Crippen molar-refractivity contribution in [1.29, 1.82) is 0 Å². The van der Waals surface area contributed by atoms with E-state index in [1.165, 1.54) is 4.57 Å². The number of rotatable bonds is 5. The summed E-state index contributed by atoms with van der Waals surface area (Å²) in [6.45, 7) is 6.17. The number of carbonyl (C=O) groups excluding carboxylic acids is 1. The van der Waals surface area contributed by atoms with E-state index in [0.717, 1.165) is 11.1 Å². The molecule has 2 unspecified atom stereocenters. The van der Waals surface area contributed by atoms with Gasteiger partial charge in [-0.1, -0.05) is 20.8 Å². The van der Waals surface area contributed by atoms with Gasteiger partial charge in [0.25, 0.3) is 5.56 Å². The Balaban J connectivity index is 1.33. The second-order valence-electron chi connectivity index (χ2n) is 9.77. The molecule has 2 amide bonds. The molecule has 35 heavy (non-hydrogen) atoms. The van der Waals surface area contributed by atoms with E-state index < -0.39 is 0 Å². The lowest BCUT2D eigenvalue weighted by molar-refractivity contribution is 0.251. The molecule has 4 aromatic heterocycles. The predicted octanol–water partition coefficient (Wildman–Crippen LogP) is 2.25. The maximum atomic E-state index is 13.0. The molecule has 12 nitrogen and oxygen atoms in total. The van der Waals surface area contributed by atoms with Gasteiger partial charge in [0, 0.05) is 60.9 Å². The molecule has 12 heteroatoms. The average molecular weight is 477 g/mol. The summed E-state index contributed by atoms with van der Waals surface area (Å²) >= 11 is 0. The molecule has 4 N–H and O–H groups in total. The fourth-order valence-corrected chi connectivity index (χ4v) is 4.07. The number of aromatic nitrogens is 7. The van der Waals surface area contributed by atoms with Gasteiger partial charge in [0.2, 0.25) is 5.95 Å². The Hall–Kier alpha value is -4.22. The van der Waals surface area contributed by atoms with Gasteiger partial charge in [0.1, 0.15) is 17.2 Å². The van der Waals surface area contributed by atoms with Gasteiger partial charge >= 0.3 is 6.03 Å². The standard InChI is InChI=1S/C23H28N10O2/c1-23(2,3)17-8-18(33(31-17)13-10-26-27-11-13)29-22(35)28-16-7-14(16)15-6-12-9-25-21(24-4)30-19(12)32(5)20(15)34/h6,8-11,14,16H,7H2,1-5H3,(H,26,27)(H,24,25,30)(H2,28,29,35). The van der Waals surface area contributed by atoms with Crippen molar-refractivity contribution in [2.75, 3.05) is 17.7 Å². The topological polar surface area (TPSA) is 147 Å². The first-order valence-electron chi connectivity index (χ1n) is 11.4. The van der Waals surface area contributed by atoms with Crippen LogP contribution in [0, 0.1) is 0 Å². The normalized spacial score (nSPS) is 17.4. The van der Waals surface area contributed by atoms with Crippen molar-refractivity contribution in [2.24, 2.45) is 7.05 Å². The molecule has 1 fully saturated rings. The molecule has 0 spiro atoms. The minimum atomic E-state index is -0.359. The van der Waals surface area contributed by atoms with E-state index >= 15 is 0 Å². The molecule has 0 radical (unpaired) electrons. The number of aryl methyl sites for hydroxylation is 1. The van der Waals surface area contributed by atoms with Crippen LogP contribution < -0.4 is 21.5 Å². The lowest BCUT2D eigenvalue weighted by Crippen LogP contribution is -2.32. The highest BCUT2D eigenvalue weighted by atomic mass is 16.2. The number of hydrogen-bond donors (Lipinski definition) is 4. The summed E-state index contributed by atoms with van der Waals surface area (Å²) in [6.07, 6.45) is 5.71. The highest BCUT2D eigenvalue weighted by Gasteiger charge is 2.42. The molecule has 1 aliphatic rings. The number of hydrogen-bond acceptors (Lipinski definition) is 7. The quantitative estimate of drug-likeness (QED) is 0.345. The number of aromatic amines is 1. The van der Waals surface area contributed by atoms with Crippen LogP contribution in [0.2, 0.25) is 0 Å². The van der Waals surface area contributed by atoms with E-state index in [0.29, 0.717) is 35.1 Å². The fraction of sp³-hybridized carbons (Fsp3) is 0.391. The van der Waals surface area contributed by atoms with Crippen LogP contribution in [0.3, 0.4) is 0 Å². The predicted molar refractivity (Wildman–Crippen MR) is 132 cm³/mol. The summed E-state index contributed by atoms with van der Waals surface area (Å²) in [7, 11) is 3.42. The zero-order valence-electron chi connectivity index (χ0n) is 20.2. The Morgan fingerprint density at radius 1 is 1.23 bits per heavy atom. The molecule has 0 aromatic carbocycles. The number of nitrogens with one attached hydrogen (secondary N) is 4. The molecule has 0 aliphatic heterocycles. The number of carbonyl (C=O) groups is 1. The van der Waals surface area contributed by atoms with Gasteiger partial charge in [-0.05, 0) is 12.5 Å². The van der Waals surface area contributed by atoms with Crippen molar-refractivity contribution >= 4 is 28.8 Å². The van der Waals surface area contributed by atoms with Crippen molar-refractivity contribution in [3.05, 3.63) is 52.3 Å². The Morgan fingerprint density at radius 2 is 2.03 bits per heavy atom. The minimum Gasteiger partial charge on any atom is -0.357 e. The first-order valence-corrected chi connectivity index (χ1v) is 11.4. The highest BCUT2D eigenvalue weighted by Crippen LogP contribution is 2.40. The van der Waals surface area contributed by atoms with E-state index in [1.807, 2.05) is 12.1 Å². The number of pyridine rings is 1. The van der Waals surface area contributed by atoms with Crippen LogP contribution in [-0.2, 0) is 12.5 Å².